The monoisotopic (exact) mass is 144 g/mol. The minimum Gasteiger partial charge on any atom is -0.366 e. The molecular weight excluding hydrogens is 128 g/mol. The summed E-state index contributed by atoms with van der Waals surface area (Å²) in [5.41, 5.74) is 0.113. The average Bonchev–Trinajstić information content (AvgIpc) is 1.56. The van der Waals surface area contributed by atoms with Crippen LogP contribution < -0.4 is 0 Å². The molecule has 1 rings (SSSR count). The Morgan fingerprint density at radius 3 is 2.00 bits per heavy atom. The van der Waals surface area contributed by atoms with Gasteiger partial charge >= 0.3 is 0 Å². The van der Waals surface area contributed by atoms with E-state index in [1.807, 2.05) is 0 Å². The first-order valence-corrected chi connectivity index (χ1v) is 3.86. The molecule has 0 spiro atoms. The van der Waals surface area contributed by atoms with Crippen LogP contribution in [0.15, 0.2) is 0 Å². The van der Waals surface area contributed by atoms with Crippen LogP contribution in [0.2, 0.25) is 0 Å². The van der Waals surface area contributed by atoms with Gasteiger partial charge in [-0.3, -0.25) is 0 Å². The van der Waals surface area contributed by atoms with E-state index in [0.29, 0.717) is 12.8 Å². The van der Waals surface area contributed by atoms with Gasteiger partial charge < -0.3 is 10.2 Å². The quantitative estimate of drug-likeness (QED) is 0.502. The molecular formula is C8H16O2. The molecule has 1 saturated carbocycles. The molecule has 0 radical (unpaired) electrons. The zero-order chi connectivity index (χ0) is 7.83. The van der Waals surface area contributed by atoms with Gasteiger partial charge in [0.05, 0.1) is 0 Å². The number of hydrogen-bond donors (Lipinski definition) is 2. The van der Waals surface area contributed by atoms with E-state index in [9.17, 15) is 10.2 Å². The van der Waals surface area contributed by atoms with Gasteiger partial charge in [0, 0.05) is 12.8 Å². The summed E-state index contributed by atoms with van der Waals surface area (Å²) in [6.07, 6.45) is 3.09. The van der Waals surface area contributed by atoms with E-state index in [2.05, 4.69) is 13.8 Å². The molecule has 0 unspecified atom stereocenters. The van der Waals surface area contributed by atoms with Crippen molar-refractivity contribution in [2.45, 2.75) is 45.3 Å². The molecule has 10 heavy (non-hydrogen) atoms. The summed E-state index contributed by atoms with van der Waals surface area (Å²) in [5, 5.41) is 18.5. The third kappa shape index (κ3) is 1.96. The molecule has 0 atom stereocenters. The van der Waals surface area contributed by atoms with Crippen molar-refractivity contribution in [3.8, 4) is 0 Å². The predicted molar refractivity (Wildman–Crippen MR) is 39.4 cm³/mol. The Morgan fingerprint density at radius 2 is 1.70 bits per heavy atom. The fraction of sp³-hybridized carbons (Fsp3) is 1.00. The summed E-state index contributed by atoms with van der Waals surface area (Å²) in [7, 11) is 0. The molecule has 2 N–H and O–H groups in total. The Bertz CT molecular complexity index is 113. The van der Waals surface area contributed by atoms with E-state index in [0.717, 1.165) is 12.8 Å². The second-order valence-electron chi connectivity index (χ2n) is 4.18. The molecule has 2 heteroatoms. The standard InChI is InChI=1S/C8H16O2/c1-7(2)4-3-5-8(9,10)6-7/h9-10H,3-6H2,1-2H3. The van der Waals surface area contributed by atoms with Crippen molar-refractivity contribution >= 4 is 0 Å². The highest BCUT2D eigenvalue weighted by Crippen LogP contribution is 2.39. The van der Waals surface area contributed by atoms with Crippen LogP contribution in [0.5, 0.6) is 0 Å². The Kier molecular flexibility index (Phi) is 1.77. The second-order valence-corrected chi connectivity index (χ2v) is 4.18. The van der Waals surface area contributed by atoms with Crippen molar-refractivity contribution in [3.63, 3.8) is 0 Å². The van der Waals surface area contributed by atoms with Crippen molar-refractivity contribution in [3.05, 3.63) is 0 Å². The first-order valence-electron chi connectivity index (χ1n) is 3.86. The second kappa shape index (κ2) is 2.21. The van der Waals surface area contributed by atoms with Gasteiger partial charge in [0.15, 0.2) is 5.79 Å². The van der Waals surface area contributed by atoms with Gasteiger partial charge in [-0.15, -0.1) is 0 Å². The summed E-state index contributed by atoms with van der Waals surface area (Å²) in [5.74, 6) is -1.39. The fourth-order valence-electron chi connectivity index (χ4n) is 1.79. The van der Waals surface area contributed by atoms with E-state index in [1.54, 1.807) is 0 Å². The maximum atomic E-state index is 9.27. The lowest BCUT2D eigenvalue weighted by atomic mass is 9.74. The molecule has 1 aliphatic rings. The average molecular weight is 144 g/mol. The fourth-order valence-corrected chi connectivity index (χ4v) is 1.79. The summed E-state index contributed by atoms with van der Waals surface area (Å²) in [6.45, 7) is 4.15. The maximum absolute atomic E-state index is 9.27. The van der Waals surface area contributed by atoms with Gasteiger partial charge in [0.1, 0.15) is 0 Å². The highest BCUT2D eigenvalue weighted by Gasteiger charge is 2.36. The van der Waals surface area contributed by atoms with Gasteiger partial charge in [0.2, 0.25) is 0 Å². The molecule has 1 fully saturated rings. The minimum absolute atomic E-state index is 0.113. The number of hydrogen-bond acceptors (Lipinski definition) is 2. The van der Waals surface area contributed by atoms with Gasteiger partial charge in [0.25, 0.3) is 0 Å². The lowest BCUT2D eigenvalue weighted by Gasteiger charge is -2.37. The van der Waals surface area contributed by atoms with Crippen molar-refractivity contribution in [1.82, 2.24) is 0 Å². The summed E-state index contributed by atoms with van der Waals surface area (Å²) < 4.78 is 0. The number of rotatable bonds is 0. The maximum Gasteiger partial charge on any atom is 0.162 e. The molecule has 0 amide bonds. The van der Waals surface area contributed by atoms with Crippen LogP contribution in [0.4, 0.5) is 0 Å². The van der Waals surface area contributed by atoms with Crippen LogP contribution in [0.3, 0.4) is 0 Å². The largest absolute Gasteiger partial charge is 0.366 e. The van der Waals surface area contributed by atoms with Crippen LogP contribution in [-0.2, 0) is 0 Å². The first kappa shape index (κ1) is 8.02. The molecule has 0 saturated heterocycles. The summed E-state index contributed by atoms with van der Waals surface area (Å²) in [6, 6.07) is 0. The lowest BCUT2D eigenvalue weighted by molar-refractivity contribution is -0.201. The molecule has 0 aliphatic heterocycles. The Balaban J connectivity index is 2.56. The SMILES string of the molecule is CC1(C)CCCC(O)(O)C1. The van der Waals surface area contributed by atoms with Crippen LogP contribution in [0.25, 0.3) is 0 Å². The van der Waals surface area contributed by atoms with E-state index in [4.69, 9.17) is 0 Å². The molecule has 0 heterocycles. The zero-order valence-electron chi connectivity index (χ0n) is 6.72. The van der Waals surface area contributed by atoms with E-state index < -0.39 is 5.79 Å². The lowest BCUT2D eigenvalue weighted by Crippen LogP contribution is -2.38. The summed E-state index contributed by atoms with van der Waals surface area (Å²) >= 11 is 0. The Hall–Kier alpha value is -0.0800. The topological polar surface area (TPSA) is 40.5 Å². The summed E-state index contributed by atoms with van der Waals surface area (Å²) in [4.78, 5) is 0. The van der Waals surface area contributed by atoms with Crippen molar-refractivity contribution in [2.75, 3.05) is 0 Å². The zero-order valence-corrected chi connectivity index (χ0v) is 6.72. The third-order valence-corrected chi connectivity index (χ3v) is 2.19. The van der Waals surface area contributed by atoms with Crippen LogP contribution in [0, 0.1) is 5.41 Å². The van der Waals surface area contributed by atoms with Gasteiger partial charge in [-0.25, -0.2) is 0 Å². The molecule has 0 aromatic rings. The van der Waals surface area contributed by atoms with Gasteiger partial charge in [-0.2, -0.15) is 0 Å². The Labute approximate surface area is 61.9 Å². The smallest absolute Gasteiger partial charge is 0.162 e. The van der Waals surface area contributed by atoms with E-state index in [1.165, 1.54) is 0 Å². The van der Waals surface area contributed by atoms with Crippen LogP contribution in [0.1, 0.15) is 39.5 Å². The van der Waals surface area contributed by atoms with E-state index >= 15 is 0 Å². The van der Waals surface area contributed by atoms with E-state index in [-0.39, 0.29) is 5.41 Å². The highest BCUT2D eigenvalue weighted by molar-refractivity contribution is 4.82. The Morgan fingerprint density at radius 1 is 1.10 bits per heavy atom. The third-order valence-electron chi connectivity index (χ3n) is 2.19. The van der Waals surface area contributed by atoms with Crippen molar-refractivity contribution in [2.24, 2.45) is 5.41 Å². The van der Waals surface area contributed by atoms with Crippen LogP contribution in [-0.4, -0.2) is 16.0 Å². The highest BCUT2D eigenvalue weighted by atomic mass is 16.5. The molecule has 2 nitrogen and oxygen atoms in total. The minimum atomic E-state index is -1.39. The predicted octanol–water partition coefficient (Wildman–Crippen LogP) is 1.27. The normalized spacial score (nSPS) is 30.0. The van der Waals surface area contributed by atoms with Gasteiger partial charge in [-0.05, 0) is 18.3 Å². The van der Waals surface area contributed by atoms with Crippen molar-refractivity contribution < 1.29 is 10.2 Å². The molecule has 60 valence electrons. The molecule has 0 aromatic carbocycles. The number of aliphatic hydroxyl groups is 2. The first-order chi connectivity index (χ1) is 4.41. The molecule has 1 aliphatic carbocycles. The molecule has 0 aromatic heterocycles. The molecule has 0 bridgehead atoms. The van der Waals surface area contributed by atoms with Crippen LogP contribution >= 0.6 is 0 Å². The van der Waals surface area contributed by atoms with Crippen molar-refractivity contribution in [1.29, 1.82) is 0 Å². The van der Waals surface area contributed by atoms with Gasteiger partial charge in [-0.1, -0.05) is 13.8 Å².